The van der Waals surface area contributed by atoms with E-state index >= 15 is 0 Å². The average Bonchev–Trinajstić information content (AvgIpc) is 3.09. The Morgan fingerprint density at radius 2 is 1.97 bits per heavy atom. The van der Waals surface area contributed by atoms with Gasteiger partial charge in [-0.1, -0.05) is 18.2 Å². The number of H-pyrrole nitrogens is 1. The molecule has 1 saturated heterocycles. The van der Waals surface area contributed by atoms with E-state index in [9.17, 15) is 19.8 Å². The smallest absolute Gasteiger partial charge is 0.326 e. The Morgan fingerprint density at radius 1 is 1.23 bits per heavy atom. The SMILES string of the molecule is CNC(=O)c1cc(C(O)CN2CCC(n3c(=O)[nH]c4ccccc43)CC2)ccc1O. The number of phenols is 1. The van der Waals surface area contributed by atoms with Crippen molar-refractivity contribution in [1.82, 2.24) is 19.8 Å². The molecule has 0 saturated carbocycles. The van der Waals surface area contributed by atoms with Crippen molar-refractivity contribution in [3.63, 3.8) is 0 Å². The molecule has 0 radical (unpaired) electrons. The summed E-state index contributed by atoms with van der Waals surface area (Å²) in [5.41, 5.74) is 2.42. The Bertz CT molecular complexity index is 1110. The van der Waals surface area contributed by atoms with Crippen molar-refractivity contribution in [2.75, 3.05) is 26.7 Å². The molecule has 1 atom stereocenters. The topological polar surface area (TPSA) is 111 Å². The molecule has 2 aromatic carbocycles. The van der Waals surface area contributed by atoms with Gasteiger partial charge in [0.15, 0.2) is 0 Å². The van der Waals surface area contributed by atoms with E-state index in [0.29, 0.717) is 12.1 Å². The highest BCUT2D eigenvalue weighted by molar-refractivity contribution is 5.96. The summed E-state index contributed by atoms with van der Waals surface area (Å²) in [6.07, 6.45) is 0.850. The summed E-state index contributed by atoms with van der Waals surface area (Å²) in [4.78, 5) is 29.4. The molecular formula is C22H26N4O4. The first-order valence-corrected chi connectivity index (χ1v) is 10.1. The largest absolute Gasteiger partial charge is 0.507 e. The van der Waals surface area contributed by atoms with Gasteiger partial charge in [-0.15, -0.1) is 0 Å². The maximum absolute atomic E-state index is 12.4. The van der Waals surface area contributed by atoms with Gasteiger partial charge in [0.25, 0.3) is 5.91 Å². The number of nitrogens with one attached hydrogen (secondary N) is 2. The molecule has 0 aliphatic carbocycles. The van der Waals surface area contributed by atoms with Crippen LogP contribution in [0.1, 0.15) is 40.9 Å². The Morgan fingerprint density at radius 3 is 2.70 bits per heavy atom. The third kappa shape index (κ3) is 3.83. The number of phenolic OH excluding ortho intramolecular Hbond substituents is 1. The predicted octanol–water partition coefficient (Wildman–Crippen LogP) is 1.77. The lowest BCUT2D eigenvalue weighted by atomic mass is 10.0. The lowest BCUT2D eigenvalue weighted by molar-refractivity contribution is 0.0902. The second-order valence-corrected chi connectivity index (χ2v) is 7.72. The zero-order chi connectivity index (χ0) is 21.3. The zero-order valence-corrected chi connectivity index (χ0v) is 16.8. The zero-order valence-electron chi connectivity index (χ0n) is 16.8. The van der Waals surface area contributed by atoms with Crippen LogP contribution in [0.2, 0.25) is 0 Å². The molecule has 1 unspecified atom stereocenters. The Hall–Kier alpha value is -3.10. The van der Waals surface area contributed by atoms with Gasteiger partial charge in [0.2, 0.25) is 0 Å². The first-order valence-electron chi connectivity index (χ1n) is 10.1. The number of aliphatic hydroxyl groups excluding tert-OH is 1. The lowest BCUT2D eigenvalue weighted by Crippen LogP contribution is -2.39. The summed E-state index contributed by atoms with van der Waals surface area (Å²) in [5.74, 6) is -0.512. The number of nitrogens with zero attached hydrogens (tertiary/aromatic N) is 2. The summed E-state index contributed by atoms with van der Waals surface area (Å²) in [5, 5.41) is 23.0. The molecule has 4 rings (SSSR count). The second kappa shape index (κ2) is 8.33. The molecule has 1 aromatic heterocycles. The maximum Gasteiger partial charge on any atom is 0.326 e. The van der Waals surface area contributed by atoms with Crippen molar-refractivity contribution in [2.45, 2.75) is 25.0 Å². The van der Waals surface area contributed by atoms with E-state index in [2.05, 4.69) is 15.2 Å². The molecule has 30 heavy (non-hydrogen) atoms. The van der Waals surface area contributed by atoms with Crippen LogP contribution in [-0.2, 0) is 0 Å². The maximum atomic E-state index is 12.4. The minimum absolute atomic E-state index is 0.0829. The number of aliphatic hydroxyl groups is 1. The van der Waals surface area contributed by atoms with Gasteiger partial charge < -0.3 is 25.4 Å². The summed E-state index contributed by atoms with van der Waals surface area (Å²) in [6.45, 7) is 1.94. The Labute approximate surface area is 173 Å². The van der Waals surface area contributed by atoms with E-state index in [-0.39, 0.29) is 23.0 Å². The fraction of sp³-hybridized carbons (Fsp3) is 0.364. The number of carbonyl (C=O) groups excluding carboxylic acids is 1. The van der Waals surface area contributed by atoms with Crippen LogP contribution in [0.25, 0.3) is 11.0 Å². The van der Waals surface area contributed by atoms with E-state index in [4.69, 9.17) is 0 Å². The van der Waals surface area contributed by atoms with Gasteiger partial charge in [-0.05, 0) is 42.7 Å². The number of para-hydroxylation sites is 2. The number of β-amino-alcohol motifs (C(OH)–C–C–N with tert-alkyl or cyclic N) is 1. The van der Waals surface area contributed by atoms with Gasteiger partial charge in [-0.3, -0.25) is 9.36 Å². The van der Waals surface area contributed by atoms with Crippen LogP contribution in [0.5, 0.6) is 5.75 Å². The number of hydrogen-bond acceptors (Lipinski definition) is 5. The van der Waals surface area contributed by atoms with Crippen LogP contribution in [0.3, 0.4) is 0 Å². The van der Waals surface area contributed by atoms with Gasteiger partial charge >= 0.3 is 5.69 Å². The monoisotopic (exact) mass is 410 g/mol. The van der Waals surface area contributed by atoms with Crippen molar-refractivity contribution in [3.05, 3.63) is 64.1 Å². The van der Waals surface area contributed by atoms with Gasteiger partial charge in [0.05, 0.1) is 22.7 Å². The predicted molar refractivity (Wildman–Crippen MR) is 114 cm³/mol. The minimum Gasteiger partial charge on any atom is -0.507 e. The van der Waals surface area contributed by atoms with Crippen molar-refractivity contribution in [3.8, 4) is 5.75 Å². The van der Waals surface area contributed by atoms with E-state index in [0.717, 1.165) is 37.0 Å². The molecule has 158 valence electrons. The van der Waals surface area contributed by atoms with Crippen molar-refractivity contribution in [1.29, 1.82) is 0 Å². The molecule has 2 heterocycles. The first-order chi connectivity index (χ1) is 14.5. The van der Waals surface area contributed by atoms with Crippen LogP contribution in [-0.4, -0.2) is 57.3 Å². The average molecular weight is 410 g/mol. The highest BCUT2D eigenvalue weighted by Crippen LogP contribution is 2.27. The number of benzene rings is 2. The number of aromatic amines is 1. The van der Waals surface area contributed by atoms with E-state index in [1.54, 1.807) is 6.07 Å². The van der Waals surface area contributed by atoms with Crippen molar-refractivity contribution < 1.29 is 15.0 Å². The normalized spacial score (nSPS) is 16.6. The third-order valence-corrected chi connectivity index (χ3v) is 5.85. The molecule has 1 aliphatic heterocycles. The first kappa shape index (κ1) is 20.2. The number of fused-ring (bicyclic) bond motifs is 1. The van der Waals surface area contributed by atoms with Gasteiger partial charge in [-0.2, -0.15) is 0 Å². The second-order valence-electron chi connectivity index (χ2n) is 7.72. The molecule has 0 spiro atoms. The summed E-state index contributed by atoms with van der Waals surface area (Å²) in [6, 6.07) is 12.4. The number of amides is 1. The highest BCUT2D eigenvalue weighted by Gasteiger charge is 2.25. The standard InChI is InChI=1S/C22H26N4O4/c1-23-21(29)16-12-14(6-7-19(16)27)20(28)13-25-10-8-15(9-11-25)26-18-5-3-2-4-17(18)24-22(26)30/h2-7,12,15,20,27-28H,8-11,13H2,1H3,(H,23,29)(H,24,30). The van der Waals surface area contributed by atoms with E-state index in [1.165, 1.54) is 19.2 Å². The number of aromatic nitrogens is 2. The minimum atomic E-state index is -0.777. The molecule has 8 nitrogen and oxygen atoms in total. The summed E-state index contributed by atoms with van der Waals surface area (Å²) >= 11 is 0. The molecular weight excluding hydrogens is 384 g/mol. The molecule has 1 amide bonds. The van der Waals surface area contributed by atoms with Crippen molar-refractivity contribution in [2.24, 2.45) is 0 Å². The number of likely N-dealkylation sites (tertiary alicyclic amines) is 1. The van der Waals surface area contributed by atoms with Crippen LogP contribution in [0, 0.1) is 0 Å². The molecule has 8 heteroatoms. The van der Waals surface area contributed by atoms with Crippen LogP contribution >= 0.6 is 0 Å². The fourth-order valence-corrected chi connectivity index (χ4v) is 4.22. The highest BCUT2D eigenvalue weighted by atomic mass is 16.3. The number of carbonyl (C=O) groups is 1. The summed E-state index contributed by atoms with van der Waals surface area (Å²) in [7, 11) is 1.49. The molecule has 4 N–H and O–H groups in total. The van der Waals surface area contributed by atoms with Crippen LogP contribution < -0.4 is 11.0 Å². The number of piperidine rings is 1. The number of imidazole rings is 1. The fourth-order valence-electron chi connectivity index (χ4n) is 4.22. The number of aromatic hydroxyl groups is 1. The van der Waals surface area contributed by atoms with Gasteiger partial charge in [0, 0.05) is 32.7 Å². The summed E-state index contributed by atoms with van der Waals surface area (Å²) < 4.78 is 1.85. The van der Waals surface area contributed by atoms with Gasteiger partial charge in [-0.25, -0.2) is 4.79 Å². The molecule has 1 aliphatic rings. The van der Waals surface area contributed by atoms with Gasteiger partial charge in [0.1, 0.15) is 5.75 Å². The number of rotatable bonds is 5. The van der Waals surface area contributed by atoms with E-state index in [1.807, 2.05) is 28.8 Å². The van der Waals surface area contributed by atoms with Crippen molar-refractivity contribution >= 4 is 16.9 Å². The van der Waals surface area contributed by atoms with Crippen LogP contribution in [0.15, 0.2) is 47.3 Å². The quantitative estimate of drug-likeness (QED) is 0.512. The number of hydrogen-bond donors (Lipinski definition) is 4. The van der Waals surface area contributed by atoms with Crippen LogP contribution in [0.4, 0.5) is 0 Å². The molecule has 1 fully saturated rings. The Kier molecular flexibility index (Phi) is 5.61. The lowest BCUT2D eigenvalue weighted by Gasteiger charge is -2.33. The molecule has 0 bridgehead atoms. The third-order valence-electron chi connectivity index (χ3n) is 5.85. The van der Waals surface area contributed by atoms with E-state index < -0.39 is 12.0 Å². The Balaban J connectivity index is 1.42. The molecule has 3 aromatic rings.